The normalized spacial score (nSPS) is 20.5. The lowest BCUT2D eigenvalue weighted by Gasteiger charge is -2.23. The number of anilines is 1. The summed E-state index contributed by atoms with van der Waals surface area (Å²) in [4.78, 5) is 33.0. The Morgan fingerprint density at radius 1 is 1.11 bits per heavy atom. The van der Waals surface area contributed by atoms with Crippen LogP contribution in [-0.2, 0) is 16.0 Å². The molecule has 37 heavy (non-hydrogen) atoms. The number of carbonyl (C=O) groups is 2. The molecule has 3 aromatic carbocycles. The second-order valence-corrected chi connectivity index (χ2v) is 10.7. The van der Waals surface area contributed by atoms with Gasteiger partial charge in [-0.15, -0.1) is 0 Å². The quantitative estimate of drug-likeness (QED) is 0.212. The van der Waals surface area contributed by atoms with Crippen molar-refractivity contribution >= 4 is 44.1 Å². The number of benzene rings is 3. The van der Waals surface area contributed by atoms with E-state index in [0.29, 0.717) is 22.7 Å². The number of thiazole rings is 1. The number of ketones is 1. The third-order valence-electron chi connectivity index (χ3n) is 6.82. The van der Waals surface area contributed by atoms with Crippen LogP contribution in [0.3, 0.4) is 0 Å². The van der Waals surface area contributed by atoms with Crippen molar-refractivity contribution in [2.24, 2.45) is 0 Å². The number of hydrogen-bond donors (Lipinski definition) is 2. The number of carbonyl (C=O) groups excluding carboxylic acids is 2. The van der Waals surface area contributed by atoms with E-state index in [0.717, 1.165) is 32.7 Å². The van der Waals surface area contributed by atoms with E-state index in [2.05, 4.69) is 0 Å². The van der Waals surface area contributed by atoms with Gasteiger partial charge in [0.1, 0.15) is 23.4 Å². The van der Waals surface area contributed by atoms with Gasteiger partial charge in [-0.1, -0.05) is 29.5 Å². The maximum absolute atomic E-state index is 13.5. The van der Waals surface area contributed by atoms with Crippen LogP contribution in [0.5, 0.6) is 11.5 Å². The van der Waals surface area contributed by atoms with E-state index in [1.165, 1.54) is 28.4 Å². The summed E-state index contributed by atoms with van der Waals surface area (Å²) in [6.45, 7) is 5.92. The van der Waals surface area contributed by atoms with Crippen LogP contribution in [0.15, 0.2) is 60.2 Å². The van der Waals surface area contributed by atoms with Gasteiger partial charge in [0, 0.05) is 12.0 Å². The van der Waals surface area contributed by atoms with Gasteiger partial charge in [-0.25, -0.2) is 4.98 Å². The number of aromatic hydroxyl groups is 1. The summed E-state index contributed by atoms with van der Waals surface area (Å²) >= 11 is 1.32. The second kappa shape index (κ2) is 8.45. The fourth-order valence-electron chi connectivity index (χ4n) is 5.23. The third kappa shape index (κ3) is 3.76. The predicted octanol–water partition coefficient (Wildman–Crippen LogP) is 5.57. The number of amides is 1. The van der Waals surface area contributed by atoms with E-state index in [4.69, 9.17) is 9.72 Å². The molecule has 4 aromatic rings. The molecular formula is C29H24N2O5S. The van der Waals surface area contributed by atoms with Gasteiger partial charge in [0.2, 0.25) is 0 Å². The molecule has 2 aliphatic rings. The van der Waals surface area contributed by atoms with E-state index in [1.807, 2.05) is 32.9 Å². The van der Waals surface area contributed by atoms with E-state index in [-0.39, 0.29) is 23.2 Å². The van der Waals surface area contributed by atoms with Crippen LogP contribution >= 0.6 is 11.3 Å². The number of phenolic OH excluding ortho intramolecular Hbond substituents is 1. The first kappa shape index (κ1) is 23.2. The lowest BCUT2D eigenvalue weighted by molar-refractivity contribution is -0.132. The molecule has 2 atom stereocenters. The number of aromatic nitrogens is 1. The fourth-order valence-corrected chi connectivity index (χ4v) is 6.40. The smallest absolute Gasteiger partial charge is 0.301 e. The first-order chi connectivity index (χ1) is 17.7. The molecule has 8 heteroatoms. The van der Waals surface area contributed by atoms with Gasteiger partial charge in [-0.05, 0) is 79.4 Å². The Morgan fingerprint density at radius 3 is 2.70 bits per heavy atom. The number of nitrogens with zero attached hydrogens (tertiary/aromatic N) is 2. The average Bonchev–Trinajstić information content (AvgIpc) is 3.51. The van der Waals surface area contributed by atoms with Crippen LogP contribution in [0.25, 0.3) is 16.0 Å². The molecule has 7 nitrogen and oxygen atoms in total. The summed E-state index contributed by atoms with van der Waals surface area (Å²) in [5.74, 6) is -1.12. The molecule has 1 aromatic heterocycles. The number of ether oxygens (including phenoxy) is 1. The Hall–Kier alpha value is -4.17. The van der Waals surface area contributed by atoms with Gasteiger partial charge in [-0.3, -0.25) is 14.5 Å². The lowest BCUT2D eigenvalue weighted by atomic mass is 9.94. The number of aliphatic hydroxyl groups excluding tert-OH is 1. The van der Waals surface area contributed by atoms with E-state index in [1.54, 1.807) is 30.3 Å². The van der Waals surface area contributed by atoms with Gasteiger partial charge < -0.3 is 14.9 Å². The number of rotatable bonds is 3. The molecule has 186 valence electrons. The van der Waals surface area contributed by atoms with Crippen LogP contribution in [0.1, 0.15) is 40.8 Å². The molecule has 0 saturated carbocycles. The van der Waals surface area contributed by atoms with Crippen molar-refractivity contribution in [3.05, 3.63) is 88.0 Å². The maximum atomic E-state index is 13.5. The minimum atomic E-state index is -0.961. The van der Waals surface area contributed by atoms with Gasteiger partial charge in [0.05, 0.1) is 21.8 Å². The zero-order valence-electron chi connectivity index (χ0n) is 20.5. The molecule has 1 fully saturated rings. The Balaban J connectivity index is 1.55. The van der Waals surface area contributed by atoms with Crippen molar-refractivity contribution in [2.75, 3.05) is 4.90 Å². The van der Waals surface area contributed by atoms with E-state index < -0.39 is 17.7 Å². The Labute approximate surface area is 217 Å². The highest BCUT2D eigenvalue weighted by molar-refractivity contribution is 7.22. The molecule has 6 rings (SSSR count). The minimum absolute atomic E-state index is 0.0116. The molecular weight excluding hydrogens is 488 g/mol. The topological polar surface area (TPSA) is 100.0 Å². The molecule has 0 spiro atoms. The standard InChI is InChI=1S/C29H24N2O5S/c1-14-9-15(2)24-22(10-14)37-29(30-24)31-25(17-5-4-6-20(32)13-17)23(27(34)28(31)35)26(33)18-7-8-21-19(12-18)11-16(3)36-21/h4-10,12-13,16,25,32-33H,11H2,1-3H3. The molecule has 3 heterocycles. The van der Waals surface area contributed by atoms with Crippen LogP contribution in [0.2, 0.25) is 0 Å². The Kier molecular flexibility index (Phi) is 5.31. The van der Waals surface area contributed by atoms with Crippen molar-refractivity contribution in [1.29, 1.82) is 0 Å². The largest absolute Gasteiger partial charge is 0.508 e. The highest BCUT2D eigenvalue weighted by Crippen LogP contribution is 2.45. The highest BCUT2D eigenvalue weighted by atomic mass is 32.1. The predicted molar refractivity (Wildman–Crippen MR) is 142 cm³/mol. The monoisotopic (exact) mass is 512 g/mol. The van der Waals surface area contributed by atoms with E-state index in [9.17, 15) is 19.8 Å². The molecule has 1 saturated heterocycles. The summed E-state index contributed by atoms with van der Waals surface area (Å²) in [6.07, 6.45) is 0.710. The van der Waals surface area contributed by atoms with Crippen LogP contribution in [-0.4, -0.2) is 33.0 Å². The number of fused-ring (bicyclic) bond motifs is 2. The molecule has 2 N–H and O–H groups in total. The summed E-state index contributed by atoms with van der Waals surface area (Å²) in [5, 5.41) is 22.0. The summed E-state index contributed by atoms with van der Waals surface area (Å²) in [5.41, 5.74) is 4.60. The van der Waals surface area contributed by atoms with Crippen LogP contribution in [0.4, 0.5) is 5.13 Å². The van der Waals surface area contributed by atoms with Crippen molar-refractivity contribution in [3.8, 4) is 11.5 Å². The van der Waals surface area contributed by atoms with Crippen LogP contribution < -0.4 is 9.64 Å². The molecule has 0 radical (unpaired) electrons. The number of aliphatic hydroxyl groups is 1. The van der Waals surface area contributed by atoms with Crippen molar-refractivity contribution in [2.45, 2.75) is 39.3 Å². The maximum Gasteiger partial charge on any atom is 0.301 e. The first-order valence-electron chi connectivity index (χ1n) is 12.0. The molecule has 2 aliphatic heterocycles. The van der Waals surface area contributed by atoms with Crippen LogP contribution in [0, 0.1) is 13.8 Å². The number of phenols is 1. The molecule has 0 bridgehead atoms. The average molecular weight is 513 g/mol. The lowest BCUT2D eigenvalue weighted by Crippen LogP contribution is -2.29. The van der Waals surface area contributed by atoms with Gasteiger partial charge >= 0.3 is 5.91 Å². The summed E-state index contributed by atoms with van der Waals surface area (Å²) in [6, 6.07) is 14.7. The van der Waals surface area contributed by atoms with Crippen molar-refractivity contribution < 1.29 is 24.5 Å². The van der Waals surface area contributed by atoms with E-state index >= 15 is 0 Å². The number of aryl methyl sites for hydroxylation is 2. The summed E-state index contributed by atoms with van der Waals surface area (Å²) in [7, 11) is 0. The third-order valence-corrected chi connectivity index (χ3v) is 7.83. The van der Waals surface area contributed by atoms with Crippen molar-refractivity contribution in [1.82, 2.24) is 4.98 Å². The summed E-state index contributed by atoms with van der Waals surface area (Å²) < 4.78 is 6.67. The Bertz CT molecular complexity index is 1650. The molecule has 1 amide bonds. The Morgan fingerprint density at radius 2 is 1.92 bits per heavy atom. The molecule has 2 unspecified atom stereocenters. The van der Waals surface area contributed by atoms with Gasteiger partial charge in [-0.2, -0.15) is 0 Å². The van der Waals surface area contributed by atoms with Gasteiger partial charge in [0.25, 0.3) is 5.78 Å². The molecule has 0 aliphatic carbocycles. The highest BCUT2D eigenvalue weighted by Gasteiger charge is 2.48. The van der Waals surface area contributed by atoms with Gasteiger partial charge in [0.15, 0.2) is 5.13 Å². The fraction of sp³-hybridized carbons (Fsp3) is 0.207. The number of Topliss-reactive ketones (excluding diaryl/α,β-unsaturated/α-hetero) is 1. The first-order valence-corrected chi connectivity index (χ1v) is 12.8. The van der Waals surface area contributed by atoms with Crippen molar-refractivity contribution in [3.63, 3.8) is 0 Å². The second-order valence-electron chi connectivity index (χ2n) is 9.64. The zero-order chi connectivity index (χ0) is 26.0. The number of hydrogen-bond acceptors (Lipinski definition) is 7. The SMILES string of the molecule is Cc1cc(C)c2nc(N3C(=O)C(=O)C(=C(O)c4ccc5c(c4)CC(C)O5)C3c3cccc(O)c3)sc2c1. The minimum Gasteiger partial charge on any atom is -0.508 e. The zero-order valence-corrected chi connectivity index (χ0v) is 21.3.